The Morgan fingerprint density at radius 2 is 1.79 bits per heavy atom. The van der Waals surface area contributed by atoms with E-state index < -0.39 is 5.54 Å². The van der Waals surface area contributed by atoms with E-state index in [1.807, 2.05) is 11.0 Å². The molecule has 2 aliphatic heterocycles. The van der Waals surface area contributed by atoms with Crippen LogP contribution in [0.1, 0.15) is 82.4 Å². The standard InChI is InChI=1S/C35H43N7O/c1-4-5-12-31-38-35(19-8-9-20-35)33(43)41(31)22-24-13-15-25(16-14-24)28-21-26(17-18-27(28)32(36)39-40-37)42-23-34(2,3)29-10-6-7-11-30(29)42/h6-7,10-11,13-18,21,40H,4-5,8-9,12,19-20,22-23,37H2,1-3H3,(H2,36,39). The van der Waals surface area contributed by atoms with E-state index >= 15 is 0 Å². The highest BCUT2D eigenvalue weighted by atomic mass is 16.2. The van der Waals surface area contributed by atoms with Crippen molar-refractivity contribution in [3.63, 3.8) is 0 Å². The van der Waals surface area contributed by atoms with Gasteiger partial charge in [0.25, 0.3) is 5.91 Å². The number of anilines is 2. The molecule has 8 nitrogen and oxygen atoms in total. The number of amides is 1. The molecule has 0 radical (unpaired) electrons. The van der Waals surface area contributed by atoms with Crippen molar-refractivity contribution in [1.82, 2.24) is 10.4 Å². The van der Waals surface area contributed by atoms with Crippen LogP contribution >= 0.6 is 0 Å². The highest BCUT2D eigenvalue weighted by Gasteiger charge is 2.49. The molecule has 1 amide bonds. The van der Waals surface area contributed by atoms with Gasteiger partial charge in [-0.05, 0) is 65.8 Å². The first kappa shape index (κ1) is 28.9. The van der Waals surface area contributed by atoms with Gasteiger partial charge in [-0.15, -0.1) is 5.10 Å². The molecular formula is C35H43N7O. The van der Waals surface area contributed by atoms with E-state index in [0.29, 0.717) is 12.4 Å². The Bertz CT molecular complexity index is 1570. The van der Waals surface area contributed by atoms with E-state index in [-0.39, 0.29) is 11.3 Å². The lowest BCUT2D eigenvalue weighted by atomic mass is 9.87. The Hall–Kier alpha value is -4.17. The number of hydrogen-bond donors (Lipinski definition) is 3. The predicted octanol–water partition coefficient (Wildman–Crippen LogP) is 6.11. The minimum absolute atomic E-state index is 0.0321. The van der Waals surface area contributed by atoms with Gasteiger partial charge in [-0.2, -0.15) is 0 Å². The van der Waals surface area contributed by atoms with Crippen molar-refractivity contribution in [2.24, 2.45) is 21.7 Å². The Labute approximate surface area is 254 Å². The first-order valence-electron chi connectivity index (χ1n) is 15.6. The zero-order valence-corrected chi connectivity index (χ0v) is 25.6. The smallest absolute Gasteiger partial charge is 0.256 e. The van der Waals surface area contributed by atoms with Crippen molar-refractivity contribution in [2.75, 3.05) is 11.4 Å². The number of carbonyl (C=O) groups is 1. The second-order valence-corrected chi connectivity index (χ2v) is 12.8. The van der Waals surface area contributed by atoms with E-state index in [1.54, 1.807) is 0 Å². The number of fused-ring (bicyclic) bond motifs is 1. The molecule has 2 heterocycles. The van der Waals surface area contributed by atoms with Crippen LogP contribution in [0.2, 0.25) is 0 Å². The molecule has 0 bridgehead atoms. The fourth-order valence-corrected chi connectivity index (χ4v) is 7.04. The Morgan fingerprint density at radius 1 is 1.05 bits per heavy atom. The molecule has 6 rings (SSSR count). The van der Waals surface area contributed by atoms with E-state index in [9.17, 15) is 4.79 Å². The zero-order chi connectivity index (χ0) is 30.2. The van der Waals surface area contributed by atoms with Gasteiger partial charge in [0.1, 0.15) is 11.4 Å². The second-order valence-electron chi connectivity index (χ2n) is 12.8. The number of rotatable bonds is 9. The maximum absolute atomic E-state index is 13.6. The number of nitrogens with two attached hydrogens (primary N) is 2. The van der Waals surface area contributed by atoms with E-state index in [4.69, 9.17) is 16.6 Å². The van der Waals surface area contributed by atoms with Gasteiger partial charge in [-0.25, -0.2) is 11.4 Å². The summed E-state index contributed by atoms with van der Waals surface area (Å²) < 4.78 is 0. The molecule has 0 unspecified atom stereocenters. The van der Waals surface area contributed by atoms with Crippen LogP contribution in [-0.2, 0) is 16.8 Å². The molecule has 224 valence electrons. The van der Waals surface area contributed by atoms with Crippen LogP contribution in [0, 0.1) is 0 Å². The number of carbonyl (C=O) groups excluding carboxylic acids is 1. The third kappa shape index (κ3) is 5.29. The summed E-state index contributed by atoms with van der Waals surface area (Å²) in [6, 6.07) is 23.4. The summed E-state index contributed by atoms with van der Waals surface area (Å²) >= 11 is 0. The predicted molar refractivity (Wildman–Crippen MR) is 175 cm³/mol. The minimum atomic E-state index is -0.519. The minimum Gasteiger partial charge on any atom is -0.382 e. The maximum atomic E-state index is 13.6. The third-order valence-electron chi connectivity index (χ3n) is 9.34. The average Bonchev–Trinajstić information content (AvgIpc) is 3.67. The Kier molecular flexibility index (Phi) is 7.73. The number of benzene rings is 3. The Morgan fingerprint density at radius 3 is 2.51 bits per heavy atom. The summed E-state index contributed by atoms with van der Waals surface area (Å²) in [5, 5.41) is 4.08. The van der Waals surface area contributed by atoms with Gasteiger partial charge in [0.15, 0.2) is 5.84 Å². The number of para-hydroxylation sites is 1. The number of nitrogens with one attached hydrogen (secondary N) is 1. The molecule has 0 aromatic heterocycles. The van der Waals surface area contributed by atoms with Crippen molar-refractivity contribution in [3.8, 4) is 11.1 Å². The fourth-order valence-electron chi connectivity index (χ4n) is 7.04. The maximum Gasteiger partial charge on any atom is 0.256 e. The fraction of sp³-hybridized carbons (Fsp3) is 0.400. The van der Waals surface area contributed by atoms with Crippen LogP contribution in [0.4, 0.5) is 11.4 Å². The number of hydrazine groups is 1. The van der Waals surface area contributed by atoms with E-state index in [0.717, 1.165) is 85.3 Å². The van der Waals surface area contributed by atoms with Crippen LogP contribution in [-0.4, -0.2) is 34.6 Å². The molecule has 1 fully saturated rings. The van der Waals surface area contributed by atoms with Crippen molar-refractivity contribution >= 4 is 29.0 Å². The number of unbranched alkanes of at least 4 members (excludes halogenated alkanes) is 1. The molecule has 1 spiro atoms. The lowest BCUT2D eigenvalue weighted by Gasteiger charge is -2.24. The van der Waals surface area contributed by atoms with Gasteiger partial charge in [0.2, 0.25) is 0 Å². The molecule has 8 heteroatoms. The molecule has 3 aromatic rings. The van der Waals surface area contributed by atoms with Crippen LogP contribution in [0.25, 0.3) is 11.1 Å². The number of amidine groups is 2. The normalized spacial score (nSPS) is 18.8. The van der Waals surface area contributed by atoms with Gasteiger partial charge in [-0.1, -0.05) is 82.5 Å². The van der Waals surface area contributed by atoms with Crippen LogP contribution in [0.5, 0.6) is 0 Å². The van der Waals surface area contributed by atoms with Gasteiger partial charge >= 0.3 is 0 Å². The van der Waals surface area contributed by atoms with Gasteiger partial charge in [0, 0.05) is 35.3 Å². The van der Waals surface area contributed by atoms with Gasteiger partial charge in [0.05, 0.1) is 6.54 Å². The number of nitrogens with zero attached hydrogens (tertiary/aromatic N) is 4. The SMILES string of the molecule is CCCCC1=NC2(CCCC2)C(=O)N1Cc1ccc(-c2cc(N3CC(C)(C)c4ccccc43)ccc2/C(N)=N/NN)cc1. The van der Waals surface area contributed by atoms with Gasteiger partial charge < -0.3 is 10.6 Å². The van der Waals surface area contributed by atoms with Crippen molar-refractivity contribution < 1.29 is 4.79 Å². The number of aliphatic imine (C=N–C) groups is 1. The average molecular weight is 578 g/mol. The van der Waals surface area contributed by atoms with Crippen LogP contribution in [0.15, 0.2) is 76.8 Å². The van der Waals surface area contributed by atoms with Gasteiger partial charge in [-0.3, -0.25) is 14.7 Å². The third-order valence-corrected chi connectivity index (χ3v) is 9.34. The largest absolute Gasteiger partial charge is 0.382 e. The first-order valence-corrected chi connectivity index (χ1v) is 15.6. The summed E-state index contributed by atoms with van der Waals surface area (Å²) in [5.41, 5.74) is 15.7. The van der Waals surface area contributed by atoms with E-state index in [2.05, 4.69) is 97.0 Å². The molecular weight excluding hydrogens is 534 g/mol. The Balaban J connectivity index is 1.32. The second kappa shape index (κ2) is 11.5. The lowest BCUT2D eigenvalue weighted by molar-refractivity contribution is -0.131. The van der Waals surface area contributed by atoms with Crippen LogP contribution < -0.4 is 22.0 Å². The zero-order valence-electron chi connectivity index (χ0n) is 25.6. The first-order chi connectivity index (χ1) is 20.8. The van der Waals surface area contributed by atoms with Crippen molar-refractivity contribution in [3.05, 3.63) is 83.4 Å². The highest BCUT2D eigenvalue weighted by molar-refractivity contribution is 6.08. The molecule has 0 atom stereocenters. The monoisotopic (exact) mass is 577 g/mol. The summed E-state index contributed by atoms with van der Waals surface area (Å²) in [5.74, 6) is 6.95. The molecule has 1 saturated carbocycles. The van der Waals surface area contributed by atoms with Crippen molar-refractivity contribution in [1.29, 1.82) is 0 Å². The molecule has 43 heavy (non-hydrogen) atoms. The molecule has 5 N–H and O–H groups in total. The molecule has 3 aliphatic rings. The number of hydrogen-bond acceptors (Lipinski definition) is 6. The number of hydrazone groups is 1. The highest BCUT2D eigenvalue weighted by Crippen LogP contribution is 2.45. The molecule has 0 saturated heterocycles. The molecule has 3 aromatic carbocycles. The quantitative estimate of drug-likeness (QED) is 0.123. The van der Waals surface area contributed by atoms with Crippen molar-refractivity contribution in [2.45, 2.75) is 83.2 Å². The van der Waals surface area contributed by atoms with Crippen LogP contribution in [0.3, 0.4) is 0 Å². The summed E-state index contributed by atoms with van der Waals surface area (Å²) in [4.78, 5) is 23.0. The van der Waals surface area contributed by atoms with E-state index in [1.165, 1.54) is 11.3 Å². The summed E-state index contributed by atoms with van der Waals surface area (Å²) in [7, 11) is 0. The summed E-state index contributed by atoms with van der Waals surface area (Å²) in [6.07, 6.45) is 6.86. The molecule has 1 aliphatic carbocycles. The summed E-state index contributed by atoms with van der Waals surface area (Å²) in [6.45, 7) is 8.17. The lowest BCUT2D eigenvalue weighted by Crippen LogP contribution is -2.40. The topological polar surface area (TPSA) is 112 Å².